The SMILES string of the molecule is CC(=O)N(OCc1ccccc1)C(=O)Nc1ccccc1. The van der Waals surface area contributed by atoms with Crippen molar-refractivity contribution in [3.63, 3.8) is 0 Å². The van der Waals surface area contributed by atoms with Gasteiger partial charge in [-0.25, -0.2) is 4.79 Å². The largest absolute Gasteiger partial charge is 0.353 e. The average Bonchev–Trinajstić information content (AvgIpc) is 2.49. The Labute approximate surface area is 123 Å². The van der Waals surface area contributed by atoms with E-state index < -0.39 is 11.9 Å². The summed E-state index contributed by atoms with van der Waals surface area (Å²) in [6, 6.07) is 17.6. The van der Waals surface area contributed by atoms with Crippen molar-refractivity contribution in [2.45, 2.75) is 13.5 Å². The Kier molecular flexibility index (Phi) is 5.06. The van der Waals surface area contributed by atoms with Crippen molar-refractivity contribution in [3.05, 3.63) is 66.2 Å². The Morgan fingerprint density at radius 2 is 1.57 bits per heavy atom. The first-order valence-electron chi connectivity index (χ1n) is 6.50. The predicted octanol–water partition coefficient (Wildman–Crippen LogP) is 3.20. The number of urea groups is 1. The van der Waals surface area contributed by atoms with Gasteiger partial charge in [0.25, 0.3) is 5.91 Å². The molecule has 0 unspecified atom stereocenters. The minimum absolute atomic E-state index is 0.141. The minimum atomic E-state index is -0.621. The van der Waals surface area contributed by atoms with Gasteiger partial charge in [-0.2, -0.15) is 0 Å². The van der Waals surface area contributed by atoms with Gasteiger partial charge in [0.2, 0.25) is 0 Å². The number of carbonyl (C=O) groups excluding carboxylic acids is 2. The van der Waals surface area contributed by atoms with E-state index in [-0.39, 0.29) is 6.61 Å². The number of anilines is 1. The van der Waals surface area contributed by atoms with E-state index >= 15 is 0 Å². The maximum Gasteiger partial charge on any atom is 0.353 e. The number of amides is 3. The fourth-order valence-corrected chi connectivity index (χ4v) is 1.70. The molecule has 1 N–H and O–H groups in total. The van der Waals surface area contributed by atoms with Gasteiger partial charge in [0.15, 0.2) is 0 Å². The maximum atomic E-state index is 12.0. The lowest BCUT2D eigenvalue weighted by molar-refractivity contribution is -0.168. The molecule has 5 heteroatoms. The fourth-order valence-electron chi connectivity index (χ4n) is 1.70. The number of benzene rings is 2. The van der Waals surface area contributed by atoms with Crippen LogP contribution in [0.3, 0.4) is 0 Å². The van der Waals surface area contributed by atoms with E-state index in [9.17, 15) is 9.59 Å². The maximum absolute atomic E-state index is 12.0. The molecule has 0 fully saturated rings. The third kappa shape index (κ3) is 4.43. The molecule has 0 aromatic heterocycles. The molecule has 2 rings (SSSR count). The van der Waals surface area contributed by atoms with Crippen LogP contribution < -0.4 is 5.32 Å². The van der Waals surface area contributed by atoms with Gasteiger partial charge in [-0.15, -0.1) is 5.06 Å². The lowest BCUT2D eigenvalue weighted by Gasteiger charge is -2.18. The van der Waals surface area contributed by atoms with Gasteiger partial charge in [0.05, 0.1) is 0 Å². The summed E-state index contributed by atoms with van der Waals surface area (Å²) < 4.78 is 0. The molecule has 0 atom stereocenters. The highest BCUT2D eigenvalue weighted by molar-refractivity contribution is 5.99. The van der Waals surface area contributed by atoms with Crippen LogP contribution in [-0.4, -0.2) is 17.0 Å². The second-order valence-corrected chi connectivity index (χ2v) is 4.37. The zero-order valence-electron chi connectivity index (χ0n) is 11.7. The molecule has 0 spiro atoms. The standard InChI is InChI=1S/C16H16N2O3/c1-13(19)18(21-12-14-8-4-2-5-9-14)16(20)17-15-10-6-3-7-11-15/h2-11H,12H2,1H3,(H,17,20). The lowest BCUT2D eigenvalue weighted by atomic mass is 10.2. The smallest absolute Gasteiger partial charge is 0.306 e. The Bertz CT molecular complexity index is 599. The molecule has 5 nitrogen and oxygen atoms in total. The predicted molar refractivity (Wildman–Crippen MR) is 79.2 cm³/mol. The minimum Gasteiger partial charge on any atom is -0.306 e. The van der Waals surface area contributed by atoms with Gasteiger partial charge in [-0.05, 0) is 17.7 Å². The molecule has 0 saturated heterocycles. The second-order valence-electron chi connectivity index (χ2n) is 4.37. The molecule has 2 aromatic carbocycles. The number of hydrogen-bond donors (Lipinski definition) is 1. The van der Waals surface area contributed by atoms with E-state index in [1.54, 1.807) is 24.3 Å². The Morgan fingerprint density at radius 1 is 1.00 bits per heavy atom. The number of nitrogens with zero attached hydrogens (tertiary/aromatic N) is 1. The Balaban J connectivity index is 1.98. The summed E-state index contributed by atoms with van der Waals surface area (Å²) >= 11 is 0. The van der Waals surface area contributed by atoms with E-state index in [1.807, 2.05) is 36.4 Å². The molecule has 21 heavy (non-hydrogen) atoms. The number of nitrogens with one attached hydrogen (secondary N) is 1. The van der Waals surface area contributed by atoms with Crippen LogP contribution in [0, 0.1) is 0 Å². The van der Waals surface area contributed by atoms with Crippen molar-refractivity contribution in [1.29, 1.82) is 0 Å². The summed E-state index contributed by atoms with van der Waals surface area (Å²) in [5.74, 6) is -0.487. The van der Waals surface area contributed by atoms with Crippen LogP contribution >= 0.6 is 0 Å². The molecule has 0 aliphatic carbocycles. The molecule has 0 saturated carbocycles. The third-order valence-corrected chi connectivity index (χ3v) is 2.70. The molecule has 0 aliphatic rings. The van der Waals surface area contributed by atoms with E-state index in [2.05, 4.69) is 5.32 Å². The fraction of sp³-hybridized carbons (Fsp3) is 0.125. The van der Waals surface area contributed by atoms with Crippen LogP contribution in [0.25, 0.3) is 0 Å². The number of para-hydroxylation sites is 1. The number of hydroxylamine groups is 2. The first-order valence-corrected chi connectivity index (χ1v) is 6.50. The number of imide groups is 1. The van der Waals surface area contributed by atoms with E-state index in [4.69, 9.17) is 4.84 Å². The molecule has 0 aliphatic heterocycles. The van der Waals surface area contributed by atoms with Gasteiger partial charge in [0, 0.05) is 12.6 Å². The van der Waals surface area contributed by atoms with Crippen molar-refractivity contribution in [2.24, 2.45) is 0 Å². The van der Waals surface area contributed by atoms with Crippen molar-refractivity contribution in [3.8, 4) is 0 Å². The first-order chi connectivity index (χ1) is 10.2. The van der Waals surface area contributed by atoms with E-state index in [0.717, 1.165) is 10.6 Å². The van der Waals surface area contributed by atoms with Crippen LogP contribution in [0.15, 0.2) is 60.7 Å². The Morgan fingerprint density at radius 3 is 2.14 bits per heavy atom. The molecule has 0 bridgehead atoms. The molecule has 3 amide bonds. The first kappa shape index (κ1) is 14.7. The highest BCUT2D eigenvalue weighted by Gasteiger charge is 2.19. The van der Waals surface area contributed by atoms with Crippen molar-refractivity contribution in [2.75, 3.05) is 5.32 Å². The Hall–Kier alpha value is -2.66. The number of carbonyl (C=O) groups is 2. The summed E-state index contributed by atoms with van der Waals surface area (Å²) in [5.41, 5.74) is 1.47. The summed E-state index contributed by atoms with van der Waals surface area (Å²) in [5, 5.41) is 3.32. The molecular weight excluding hydrogens is 268 g/mol. The topological polar surface area (TPSA) is 58.6 Å². The molecule has 0 radical (unpaired) electrons. The van der Waals surface area contributed by atoms with Crippen LogP contribution in [0.1, 0.15) is 12.5 Å². The van der Waals surface area contributed by atoms with Crippen LogP contribution in [0.5, 0.6) is 0 Å². The summed E-state index contributed by atoms with van der Waals surface area (Å²) in [4.78, 5) is 28.9. The van der Waals surface area contributed by atoms with Crippen molar-refractivity contribution in [1.82, 2.24) is 5.06 Å². The molecular formula is C16H16N2O3. The average molecular weight is 284 g/mol. The van der Waals surface area contributed by atoms with Crippen molar-refractivity contribution >= 4 is 17.6 Å². The summed E-state index contributed by atoms with van der Waals surface area (Å²) in [7, 11) is 0. The van der Waals surface area contributed by atoms with Crippen LogP contribution in [0.2, 0.25) is 0 Å². The lowest BCUT2D eigenvalue weighted by Crippen LogP contribution is -2.38. The van der Waals surface area contributed by atoms with Crippen LogP contribution in [0.4, 0.5) is 10.5 Å². The van der Waals surface area contributed by atoms with E-state index in [0.29, 0.717) is 5.69 Å². The van der Waals surface area contributed by atoms with Gasteiger partial charge < -0.3 is 5.32 Å². The van der Waals surface area contributed by atoms with Gasteiger partial charge in [0.1, 0.15) is 6.61 Å². The second kappa shape index (κ2) is 7.21. The van der Waals surface area contributed by atoms with Gasteiger partial charge in [-0.3, -0.25) is 9.63 Å². The zero-order chi connectivity index (χ0) is 15.1. The summed E-state index contributed by atoms with van der Waals surface area (Å²) in [6.45, 7) is 1.41. The number of rotatable bonds is 4. The number of hydrogen-bond acceptors (Lipinski definition) is 3. The highest BCUT2D eigenvalue weighted by atomic mass is 16.7. The highest BCUT2D eigenvalue weighted by Crippen LogP contribution is 2.09. The molecule has 108 valence electrons. The zero-order valence-corrected chi connectivity index (χ0v) is 11.7. The monoisotopic (exact) mass is 284 g/mol. The van der Waals surface area contributed by atoms with E-state index in [1.165, 1.54) is 6.92 Å². The van der Waals surface area contributed by atoms with Gasteiger partial charge >= 0.3 is 6.03 Å². The normalized spacial score (nSPS) is 9.95. The molecule has 0 heterocycles. The summed E-state index contributed by atoms with van der Waals surface area (Å²) in [6.07, 6.45) is 0. The van der Waals surface area contributed by atoms with Crippen LogP contribution in [-0.2, 0) is 16.2 Å². The third-order valence-electron chi connectivity index (χ3n) is 2.70. The molecule has 2 aromatic rings. The quantitative estimate of drug-likeness (QED) is 0.877. The van der Waals surface area contributed by atoms with Gasteiger partial charge in [-0.1, -0.05) is 48.5 Å². The van der Waals surface area contributed by atoms with Crippen molar-refractivity contribution < 1.29 is 14.4 Å².